The zero-order valence-corrected chi connectivity index (χ0v) is 12.0. The lowest BCUT2D eigenvalue weighted by molar-refractivity contribution is -0.114. The minimum Gasteiger partial charge on any atom is -0.411 e. The van der Waals surface area contributed by atoms with Crippen molar-refractivity contribution < 1.29 is 10.0 Å². The first-order valence-electron chi connectivity index (χ1n) is 7.94. The predicted octanol–water partition coefficient (Wildman–Crippen LogP) is 1.46. The molecule has 0 aromatic carbocycles. The van der Waals surface area contributed by atoms with Gasteiger partial charge in [-0.3, -0.25) is 4.79 Å². The first-order valence-corrected chi connectivity index (χ1v) is 7.94. The average molecular weight is 279 g/mol. The Labute approximate surface area is 120 Å². The van der Waals surface area contributed by atoms with Crippen molar-refractivity contribution >= 4 is 12.1 Å². The van der Waals surface area contributed by atoms with E-state index >= 15 is 0 Å². The molecule has 4 aliphatic rings. The molecule has 0 radical (unpaired) electrons. The number of fused-ring (bicyclic) bond motifs is 1. The van der Waals surface area contributed by atoms with E-state index in [4.69, 9.17) is 5.21 Å². The van der Waals surface area contributed by atoms with Crippen molar-refractivity contribution in [2.75, 3.05) is 19.6 Å². The Morgan fingerprint density at radius 2 is 1.90 bits per heavy atom. The Kier molecular flexibility index (Phi) is 4.24. The van der Waals surface area contributed by atoms with Crippen LogP contribution in [-0.4, -0.2) is 47.9 Å². The first kappa shape index (κ1) is 13.9. The summed E-state index contributed by atoms with van der Waals surface area (Å²) in [5.74, 6) is 2.58. The fraction of sp³-hybridized carbons (Fsp3) is 0.867. The van der Waals surface area contributed by atoms with E-state index in [1.807, 2.05) is 0 Å². The van der Waals surface area contributed by atoms with Crippen LogP contribution < -0.4 is 5.32 Å². The van der Waals surface area contributed by atoms with Gasteiger partial charge in [-0.2, -0.15) is 0 Å². The minimum atomic E-state index is -0.316. The Morgan fingerprint density at radius 3 is 2.60 bits per heavy atom. The molecular formula is C15H25N3O2. The Bertz CT molecular complexity index is 371. The van der Waals surface area contributed by atoms with E-state index in [9.17, 15) is 4.79 Å². The van der Waals surface area contributed by atoms with Gasteiger partial charge in [0.15, 0.2) is 0 Å². The summed E-state index contributed by atoms with van der Waals surface area (Å²) in [7, 11) is 0. The third kappa shape index (κ3) is 3.14. The Balaban J connectivity index is 1.45. The van der Waals surface area contributed by atoms with Crippen LogP contribution in [0.4, 0.5) is 0 Å². The maximum atomic E-state index is 11.1. The molecule has 2 unspecified atom stereocenters. The summed E-state index contributed by atoms with van der Waals surface area (Å²) >= 11 is 0. The van der Waals surface area contributed by atoms with Crippen molar-refractivity contribution in [1.29, 1.82) is 0 Å². The summed E-state index contributed by atoms with van der Waals surface area (Å²) in [5, 5.41) is 13.7. The van der Waals surface area contributed by atoms with Gasteiger partial charge < -0.3 is 15.4 Å². The van der Waals surface area contributed by atoms with E-state index in [0.717, 1.165) is 43.0 Å². The SMILES string of the molecule is O=C(/C=N/O)NCCCN1CC2CC3CC(C2)CC1C3. The fourth-order valence-corrected chi connectivity index (χ4v) is 4.75. The van der Waals surface area contributed by atoms with E-state index in [2.05, 4.69) is 15.4 Å². The zero-order valence-electron chi connectivity index (χ0n) is 12.0. The predicted molar refractivity (Wildman–Crippen MR) is 76.8 cm³/mol. The second kappa shape index (κ2) is 6.12. The largest absolute Gasteiger partial charge is 0.411 e. The Hall–Kier alpha value is -1.10. The highest BCUT2D eigenvalue weighted by Gasteiger charge is 2.42. The maximum Gasteiger partial charge on any atom is 0.265 e. The third-order valence-electron chi connectivity index (χ3n) is 5.32. The molecule has 1 amide bonds. The maximum absolute atomic E-state index is 11.1. The molecule has 20 heavy (non-hydrogen) atoms. The summed E-state index contributed by atoms with van der Waals surface area (Å²) < 4.78 is 0. The number of amides is 1. The van der Waals surface area contributed by atoms with Crippen LogP contribution in [0, 0.1) is 17.8 Å². The summed E-state index contributed by atoms with van der Waals surface area (Å²) in [6.45, 7) is 3.01. The molecule has 5 nitrogen and oxygen atoms in total. The van der Waals surface area contributed by atoms with Crippen LogP contribution in [0.25, 0.3) is 0 Å². The van der Waals surface area contributed by atoms with E-state index in [1.54, 1.807) is 0 Å². The molecule has 4 fully saturated rings. The van der Waals surface area contributed by atoms with Gasteiger partial charge >= 0.3 is 0 Å². The number of oxime groups is 1. The van der Waals surface area contributed by atoms with Gasteiger partial charge in [-0.25, -0.2) is 0 Å². The summed E-state index contributed by atoms with van der Waals surface area (Å²) in [6.07, 6.45) is 9.07. The van der Waals surface area contributed by atoms with Gasteiger partial charge in [-0.05, 0) is 56.3 Å². The molecule has 2 aliphatic carbocycles. The van der Waals surface area contributed by atoms with Crippen LogP contribution in [0.15, 0.2) is 5.16 Å². The monoisotopic (exact) mass is 279 g/mol. The second-order valence-electron chi connectivity index (χ2n) is 6.81. The molecule has 4 rings (SSSR count). The van der Waals surface area contributed by atoms with Crippen molar-refractivity contribution in [2.45, 2.75) is 44.6 Å². The number of hydrogen-bond donors (Lipinski definition) is 2. The van der Waals surface area contributed by atoms with Gasteiger partial charge in [-0.15, -0.1) is 0 Å². The first-order chi connectivity index (χ1) is 9.74. The number of nitrogens with one attached hydrogen (secondary N) is 1. The summed E-state index contributed by atoms with van der Waals surface area (Å²) in [5.41, 5.74) is 0. The summed E-state index contributed by atoms with van der Waals surface area (Å²) in [4.78, 5) is 13.8. The van der Waals surface area contributed by atoms with Crippen LogP contribution >= 0.6 is 0 Å². The van der Waals surface area contributed by atoms with Crippen molar-refractivity contribution in [3.05, 3.63) is 0 Å². The van der Waals surface area contributed by atoms with Gasteiger partial charge in [0.2, 0.25) is 0 Å². The molecule has 2 heterocycles. The molecule has 2 aliphatic heterocycles. The lowest BCUT2D eigenvalue weighted by Gasteiger charge is -2.39. The average Bonchev–Trinajstić information content (AvgIpc) is 2.59. The van der Waals surface area contributed by atoms with E-state index in [-0.39, 0.29) is 5.91 Å². The van der Waals surface area contributed by atoms with Crippen LogP contribution in [0.2, 0.25) is 0 Å². The highest BCUT2D eigenvalue weighted by molar-refractivity contribution is 6.25. The number of carbonyl (C=O) groups excluding carboxylic acids is 1. The topological polar surface area (TPSA) is 64.9 Å². The normalized spacial score (nSPS) is 36.4. The van der Waals surface area contributed by atoms with Gasteiger partial charge in [0.05, 0.1) is 0 Å². The molecular weight excluding hydrogens is 254 g/mol. The highest BCUT2D eigenvalue weighted by atomic mass is 16.4. The molecule has 0 aromatic heterocycles. The van der Waals surface area contributed by atoms with Crippen LogP contribution in [-0.2, 0) is 4.79 Å². The molecule has 0 aromatic rings. The lowest BCUT2D eigenvalue weighted by atomic mass is 9.68. The van der Waals surface area contributed by atoms with Crippen molar-refractivity contribution in [3.8, 4) is 0 Å². The van der Waals surface area contributed by atoms with Crippen LogP contribution in [0.1, 0.15) is 38.5 Å². The van der Waals surface area contributed by atoms with Crippen molar-refractivity contribution in [2.24, 2.45) is 22.9 Å². The van der Waals surface area contributed by atoms with E-state index in [0.29, 0.717) is 6.54 Å². The number of rotatable bonds is 5. The fourth-order valence-electron chi connectivity index (χ4n) is 4.75. The number of nitrogens with zero attached hydrogens (tertiary/aromatic N) is 2. The molecule has 0 spiro atoms. The van der Waals surface area contributed by atoms with Crippen LogP contribution in [0.5, 0.6) is 0 Å². The molecule has 5 heteroatoms. The van der Waals surface area contributed by atoms with Gasteiger partial charge in [-0.1, -0.05) is 5.16 Å². The van der Waals surface area contributed by atoms with Crippen LogP contribution in [0.3, 0.4) is 0 Å². The van der Waals surface area contributed by atoms with E-state index < -0.39 is 0 Å². The van der Waals surface area contributed by atoms with Gasteiger partial charge in [0.1, 0.15) is 6.21 Å². The highest BCUT2D eigenvalue weighted by Crippen LogP contribution is 2.47. The smallest absolute Gasteiger partial charge is 0.265 e. The molecule has 4 bridgehead atoms. The van der Waals surface area contributed by atoms with Crippen molar-refractivity contribution in [3.63, 3.8) is 0 Å². The van der Waals surface area contributed by atoms with Gasteiger partial charge in [0, 0.05) is 25.7 Å². The standard InChI is InChI=1S/C15H25N3O2/c19-15(9-17-20)16-2-1-3-18-10-13-5-11-4-12(6-13)8-14(18)7-11/h9,11-14,20H,1-8,10H2,(H,16,19)/b17-9+. The molecule has 2 saturated carbocycles. The minimum absolute atomic E-state index is 0.316. The Morgan fingerprint density at radius 1 is 1.20 bits per heavy atom. The quantitative estimate of drug-likeness (QED) is 0.346. The molecule has 112 valence electrons. The lowest BCUT2D eigenvalue weighted by Crippen LogP contribution is -2.39. The van der Waals surface area contributed by atoms with Crippen molar-refractivity contribution in [1.82, 2.24) is 10.2 Å². The zero-order chi connectivity index (χ0) is 13.9. The summed E-state index contributed by atoms with van der Waals surface area (Å²) in [6, 6.07) is 0.793. The molecule has 2 atom stereocenters. The number of hydrogen-bond acceptors (Lipinski definition) is 4. The number of carbonyl (C=O) groups is 1. The molecule has 2 N–H and O–H groups in total. The van der Waals surface area contributed by atoms with Gasteiger partial charge in [0.25, 0.3) is 5.91 Å². The molecule has 2 saturated heterocycles. The second-order valence-corrected chi connectivity index (χ2v) is 6.81. The third-order valence-corrected chi connectivity index (χ3v) is 5.32. The van der Waals surface area contributed by atoms with E-state index in [1.165, 1.54) is 38.6 Å².